The Kier molecular flexibility index (Phi) is 3.87. The lowest BCUT2D eigenvalue weighted by atomic mass is 10.1. The highest BCUT2D eigenvalue weighted by molar-refractivity contribution is 5.60. The lowest BCUT2D eigenvalue weighted by Crippen LogP contribution is -2.30. The van der Waals surface area contributed by atoms with Crippen LogP contribution in [0.25, 0.3) is 11.1 Å². The summed E-state index contributed by atoms with van der Waals surface area (Å²) < 4.78 is 0. The zero-order chi connectivity index (χ0) is 13.8. The van der Waals surface area contributed by atoms with Crippen LogP contribution < -0.4 is 10.2 Å². The summed E-state index contributed by atoms with van der Waals surface area (Å²) in [5, 5.41) is 3.43. The number of nitrogens with one attached hydrogen (secondary N) is 1. The van der Waals surface area contributed by atoms with E-state index in [1.165, 1.54) is 0 Å². The van der Waals surface area contributed by atoms with Gasteiger partial charge in [0.2, 0.25) is 5.95 Å². The monoisotopic (exact) mass is 269 g/mol. The first kappa shape index (κ1) is 13.0. The molecule has 0 aliphatic carbocycles. The van der Waals surface area contributed by atoms with E-state index in [0.717, 1.165) is 43.3 Å². The second-order valence-electron chi connectivity index (χ2n) is 5.27. The van der Waals surface area contributed by atoms with Crippen molar-refractivity contribution in [1.82, 2.24) is 20.3 Å². The molecule has 5 nitrogen and oxygen atoms in total. The molecule has 104 valence electrons. The van der Waals surface area contributed by atoms with Crippen LogP contribution in [0.3, 0.4) is 0 Å². The summed E-state index contributed by atoms with van der Waals surface area (Å²) in [7, 11) is 0. The van der Waals surface area contributed by atoms with Crippen molar-refractivity contribution >= 4 is 5.95 Å². The molecule has 20 heavy (non-hydrogen) atoms. The van der Waals surface area contributed by atoms with E-state index in [-0.39, 0.29) is 0 Å². The molecule has 0 bridgehead atoms. The molecule has 5 heteroatoms. The molecule has 1 aliphatic heterocycles. The molecule has 1 atom stereocenters. The van der Waals surface area contributed by atoms with E-state index in [9.17, 15) is 0 Å². The summed E-state index contributed by atoms with van der Waals surface area (Å²) in [6.07, 6.45) is 7.35. The first-order valence-corrected chi connectivity index (χ1v) is 7.01. The molecule has 1 unspecified atom stereocenters. The maximum absolute atomic E-state index is 4.51. The van der Waals surface area contributed by atoms with Crippen LogP contribution in [0.2, 0.25) is 0 Å². The Balaban J connectivity index is 1.79. The maximum atomic E-state index is 4.51. The van der Waals surface area contributed by atoms with Crippen LogP contribution in [0.5, 0.6) is 0 Å². The van der Waals surface area contributed by atoms with Gasteiger partial charge in [0, 0.05) is 55.5 Å². The van der Waals surface area contributed by atoms with Crippen LogP contribution in [-0.2, 0) is 0 Å². The number of nitrogens with zero attached hydrogens (tertiary/aromatic N) is 4. The largest absolute Gasteiger partial charge is 0.339 e. The molecule has 0 radical (unpaired) electrons. The van der Waals surface area contributed by atoms with E-state index in [1.54, 1.807) is 6.20 Å². The summed E-state index contributed by atoms with van der Waals surface area (Å²) in [6, 6.07) is 3.94. The second-order valence-corrected chi connectivity index (χ2v) is 5.27. The summed E-state index contributed by atoms with van der Waals surface area (Å²) in [5.74, 6) is 1.42. The molecule has 2 aromatic heterocycles. The first-order chi connectivity index (χ1) is 9.83. The molecule has 2 aromatic rings. The molecule has 3 heterocycles. The van der Waals surface area contributed by atoms with Gasteiger partial charge in [-0.3, -0.25) is 4.98 Å². The topological polar surface area (TPSA) is 53.9 Å². The van der Waals surface area contributed by atoms with Crippen molar-refractivity contribution in [3.05, 3.63) is 36.9 Å². The Bertz CT molecular complexity index is 540. The number of hydrogen-bond donors (Lipinski definition) is 1. The molecular weight excluding hydrogens is 250 g/mol. The third-order valence-corrected chi connectivity index (χ3v) is 3.50. The van der Waals surface area contributed by atoms with Gasteiger partial charge in [-0.1, -0.05) is 13.0 Å². The van der Waals surface area contributed by atoms with E-state index in [1.807, 2.05) is 30.7 Å². The molecule has 1 saturated heterocycles. The van der Waals surface area contributed by atoms with Gasteiger partial charge in [-0.15, -0.1) is 0 Å². The minimum absolute atomic E-state index is 0.610. The van der Waals surface area contributed by atoms with Crippen molar-refractivity contribution in [2.24, 2.45) is 5.92 Å². The van der Waals surface area contributed by atoms with Crippen molar-refractivity contribution in [2.45, 2.75) is 6.92 Å². The molecule has 1 fully saturated rings. The molecule has 0 saturated carbocycles. The van der Waals surface area contributed by atoms with Crippen LogP contribution in [0.15, 0.2) is 36.9 Å². The molecule has 1 N–H and O–H groups in total. The van der Waals surface area contributed by atoms with Gasteiger partial charge in [-0.25, -0.2) is 9.97 Å². The van der Waals surface area contributed by atoms with Crippen LogP contribution in [0.4, 0.5) is 5.95 Å². The highest BCUT2D eigenvalue weighted by Crippen LogP contribution is 2.18. The van der Waals surface area contributed by atoms with Crippen molar-refractivity contribution in [3.8, 4) is 11.1 Å². The highest BCUT2D eigenvalue weighted by atomic mass is 15.3. The fourth-order valence-electron chi connectivity index (χ4n) is 2.44. The number of rotatable bonds is 2. The summed E-state index contributed by atoms with van der Waals surface area (Å²) in [5.41, 5.74) is 2.05. The number of anilines is 1. The quantitative estimate of drug-likeness (QED) is 0.897. The molecule has 3 rings (SSSR count). The van der Waals surface area contributed by atoms with Gasteiger partial charge in [0.05, 0.1) is 0 Å². The Morgan fingerprint density at radius 2 is 2.05 bits per heavy atom. The number of pyridine rings is 1. The van der Waals surface area contributed by atoms with E-state index in [2.05, 4.69) is 32.1 Å². The zero-order valence-corrected chi connectivity index (χ0v) is 11.7. The van der Waals surface area contributed by atoms with Gasteiger partial charge in [0.25, 0.3) is 0 Å². The Labute approximate surface area is 119 Å². The normalized spacial score (nSPS) is 19.6. The van der Waals surface area contributed by atoms with Gasteiger partial charge in [-0.05, 0) is 18.5 Å². The van der Waals surface area contributed by atoms with Crippen LogP contribution in [0.1, 0.15) is 6.92 Å². The van der Waals surface area contributed by atoms with Crippen molar-refractivity contribution in [1.29, 1.82) is 0 Å². The maximum Gasteiger partial charge on any atom is 0.225 e. The lowest BCUT2D eigenvalue weighted by Gasteiger charge is -2.22. The van der Waals surface area contributed by atoms with Crippen molar-refractivity contribution in [2.75, 3.05) is 31.1 Å². The molecular formula is C15H19N5. The molecule has 0 spiro atoms. The molecule has 0 aromatic carbocycles. The van der Waals surface area contributed by atoms with Crippen molar-refractivity contribution in [3.63, 3.8) is 0 Å². The van der Waals surface area contributed by atoms with Gasteiger partial charge in [0.15, 0.2) is 0 Å². The Hall–Kier alpha value is -2.01. The predicted molar refractivity (Wildman–Crippen MR) is 79.5 cm³/mol. The summed E-state index contributed by atoms with van der Waals surface area (Å²) >= 11 is 0. The van der Waals surface area contributed by atoms with Crippen LogP contribution >= 0.6 is 0 Å². The van der Waals surface area contributed by atoms with E-state index in [0.29, 0.717) is 5.92 Å². The average molecular weight is 269 g/mol. The van der Waals surface area contributed by atoms with Crippen LogP contribution in [0, 0.1) is 5.92 Å². The van der Waals surface area contributed by atoms with Gasteiger partial charge in [0.1, 0.15) is 0 Å². The van der Waals surface area contributed by atoms with Crippen LogP contribution in [-0.4, -0.2) is 41.1 Å². The standard InChI is InChI=1S/C15H19N5/c1-12-7-17-5-6-20(11-12)15-18-9-14(10-19-15)13-3-2-4-16-8-13/h2-4,8-10,12,17H,5-7,11H2,1H3. The highest BCUT2D eigenvalue weighted by Gasteiger charge is 2.16. The molecule has 1 aliphatic rings. The fourth-order valence-corrected chi connectivity index (χ4v) is 2.44. The Morgan fingerprint density at radius 3 is 2.80 bits per heavy atom. The summed E-state index contributed by atoms with van der Waals surface area (Å²) in [6.45, 7) is 6.24. The number of aromatic nitrogens is 3. The third kappa shape index (κ3) is 2.93. The lowest BCUT2D eigenvalue weighted by molar-refractivity contribution is 0.561. The van der Waals surface area contributed by atoms with Crippen molar-refractivity contribution < 1.29 is 0 Å². The average Bonchev–Trinajstić information content (AvgIpc) is 2.73. The zero-order valence-electron chi connectivity index (χ0n) is 11.7. The fraction of sp³-hybridized carbons (Fsp3) is 0.400. The van der Waals surface area contributed by atoms with E-state index in [4.69, 9.17) is 0 Å². The predicted octanol–water partition coefficient (Wildman–Crippen LogP) is 1.58. The number of hydrogen-bond acceptors (Lipinski definition) is 5. The van der Waals surface area contributed by atoms with E-state index >= 15 is 0 Å². The second kappa shape index (κ2) is 5.96. The Morgan fingerprint density at radius 1 is 1.20 bits per heavy atom. The molecule has 0 amide bonds. The minimum Gasteiger partial charge on any atom is -0.339 e. The SMILES string of the molecule is CC1CNCCN(c2ncc(-c3cccnc3)cn2)C1. The first-order valence-electron chi connectivity index (χ1n) is 7.01. The smallest absolute Gasteiger partial charge is 0.225 e. The van der Waals surface area contributed by atoms with Gasteiger partial charge in [-0.2, -0.15) is 0 Å². The third-order valence-electron chi connectivity index (χ3n) is 3.50. The van der Waals surface area contributed by atoms with E-state index < -0.39 is 0 Å². The summed E-state index contributed by atoms with van der Waals surface area (Å²) in [4.78, 5) is 15.4. The minimum atomic E-state index is 0.610. The van der Waals surface area contributed by atoms with Gasteiger partial charge >= 0.3 is 0 Å². The van der Waals surface area contributed by atoms with Gasteiger partial charge < -0.3 is 10.2 Å².